The number of hydrogen-bond acceptors (Lipinski definition) is 9. The molecule has 0 saturated carbocycles. The first-order chi connectivity index (χ1) is 20.3. The molecule has 3 amide bonds. The van der Waals surface area contributed by atoms with Gasteiger partial charge in [0.15, 0.2) is 0 Å². The maximum atomic E-state index is 13.5. The minimum absolute atomic E-state index is 0.255. The fourth-order valence-corrected chi connectivity index (χ4v) is 5.09. The van der Waals surface area contributed by atoms with Crippen molar-refractivity contribution in [2.24, 2.45) is 0 Å². The van der Waals surface area contributed by atoms with Crippen LogP contribution in [0.15, 0.2) is 55.3 Å². The summed E-state index contributed by atoms with van der Waals surface area (Å²) in [5.41, 5.74) is 3.64. The number of aromatic nitrogens is 2. The quantitative estimate of drug-likeness (QED) is 0.366. The lowest BCUT2D eigenvalue weighted by molar-refractivity contribution is -0.111. The van der Waals surface area contributed by atoms with E-state index in [2.05, 4.69) is 38.9 Å². The monoisotopic (exact) mass is 572 g/mol. The van der Waals surface area contributed by atoms with E-state index in [1.165, 1.54) is 11.0 Å². The highest BCUT2D eigenvalue weighted by molar-refractivity contribution is 6.05. The molecule has 0 unspecified atom stereocenters. The van der Waals surface area contributed by atoms with Crippen molar-refractivity contribution in [2.75, 3.05) is 79.3 Å². The van der Waals surface area contributed by atoms with Gasteiger partial charge in [-0.1, -0.05) is 13.5 Å². The number of likely N-dealkylation sites (N-methyl/N-ethyl adjacent to an activating group) is 1. The van der Waals surface area contributed by atoms with Crippen molar-refractivity contribution in [2.45, 2.75) is 13.5 Å². The van der Waals surface area contributed by atoms with E-state index in [1.807, 2.05) is 18.2 Å². The normalized spacial score (nSPS) is 15.2. The summed E-state index contributed by atoms with van der Waals surface area (Å²) in [6.45, 7) is 10.8. The summed E-state index contributed by atoms with van der Waals surface area (Å²) >= 11 is 0. The third-order valence-corrected chi connectivity index (χ3v) is 7.53. The Labute approximate surface area is 245 Å². The average Bonchev–Trinajstić information content (AvgIpc) is 3.03. The van der Waals surface area contributed by atoms with E-state index in [-0.39, 0.29) is 18.5 Å². The van der Waals surface area contributed by atoms with Crippen LogP contribution in [0.2, 0.25) is 0 Å². The van der Waals surface area contributed by atoms with Crippen molar-refractivity contribution in [1.29, 1.82) is 0 Å². The zero-order chi connectivity index (χ0) is 29.8. The number of rotatable bonds is 9. The molecule has 12 nitrogen and oxygen atoms in total. The van der Waals surface area contributed by atoms with Crippen molar-refractivity contribution in [3.8, 4) is 11.5 Å². The molecular weight excluding hydrogens is 536 g/mol. The molecule has 0 atom stereocenters. The number of anilines is 6. The van der Waals surface area contributed by atoms with Gasteiger partial charge in [-0.3, -0.25) is 14.6 Å². The molecule has 3 aromatic rings. The molecule has 1 saturated heterocycles. The fraction of sp³-hybridized carbons (Fsp3) is 0.333. The Hall–Kier alpha value is -4.84. The molecule has 12 heteroatoms. The van der Waals surface area contributed by atoms with E-state index in [1.54, 1.807) is 50.6 Å². The number of nitrogens with zero attached hydrogens (tertiary/aromatic N) is 6. The van der Waals surface area contributed by atoms with Gasteiger partial charge in [0, 0.05) is 68.9 Å². The van der Waals surface area contributed by atoms with Crippen molar-refractivity contribution in [3.63, 3.8) is 0 Å². The Morgan fingerprint density at radius 3 is 2.38 bits per heavy atom. The zero-order valence-corrected chi connectivity index (χ0v) is 24.4. The average molecular weight is 573 g/mol. The lowest BCUT2D eigenvalue weighted by Crippen LogP contribution is -2.46. The third-order valence-electron chi connectivity index (χ3n) is 7.53. The van der Waals surface area contributed by atoms with Crippen LogP contribution < -0.4 is 34.8 Å². The minimum Gasteiger partial charge on any atom is -0.497 e. The van der Waals surface area contributed by atoms with Gasteiger partial charge in [-0.2, -0.15) is 4.98 Å². The molecule has 0 radical (unpaired) electrons. The number of benzene rings is 2. The van der Waals surface area contributed by atoms with Gasteiger partial charge >= 0.3 is 6.03 Å². The molecule has 0 aliphatic carbocycles. The van der Waals surface area contributed by atoms with Crippen LogP contribution >= 0.6 is 0 Å². The van der Waals surface area contributed by atoms with Crippen molar-refractivity contribution < 1.29 is 19.1 Å². The minimum atomic E-state index is -0.326. The highest BCUT2D eigenvalue weighted by Crippen LogP contribution is 2.35. The van der Waals surface area contributed by atoms with Crippen molar-refractivity contribution in [1.82, 2.24) is 14.9 Å². The predicted molar refractivity (Wildman–Crippen MR) is 164 cm³/mol. The van der Waals surface area contributed by atoms with Crippen LogP contribution in [0.3, 0.4) is 0 Å². The summed E-state index contributed by atoms with van der Waals surface area (Å²) in [5, 5.41) is 6.12. The van der Waals surface area contributed by atoms with Crippen LogP contribution in [0.1, 0.15) is 12.5 Å². The Bertz CT molecular complexity index is 1470. The highest BCUT2D eigenvalue weighted by Gasteiger charge is 2.31. The fourth-order valence-electron chi connectivity index (χ4n) is 5.09. The Morgan fingerprint density at radius 2 is 1.74 bits per heavy atom. The molecule has 2 aromatic carbocycles. The SMILES string of the molecule is C=CC(=O)Nc1ccc(N2CCN(CC)CC2)cc1Nc1ncc2c(n1)N(C)C(=O)N(c1cc(OC)cc(OC)c1)C2. The van der Waals surface area contributed by atoms with Crippen LogP contribution in [0.4, 0.5) is 39.3 Å². The predicted octanol–water partition coefficient (Wildman–Crippen LogP) is 4.08. The topological polar surface area (TPSA) is 115 Å². The number of fused-ring (bicyclic) bond motifs is 1. The van der Waals surface area contributed by atoms with Crippen molar-refractivity contribution in [3.05, 3.63) is 60.8 Å². The number of carbonyl (C=O) groups excluding carboxylic acids is 2. The third kappa shape index (κ3) is 5.93. The molecule has 5 rings (SSSR count). The summed E-state index contributed by atoms with van der Waals surface area (Å²) in [6.07, 6.45) is 2.93. The van der Waals surface area contributed by atoms with Crippen LogP contribution in [0.5, 0.6) is 11.5 Å². The summed E-state index contributed by atoms with van der Waals surface area (Å²) in [4.78, 5) is 42.7. The van der Waals surface area contributed by atoms with E-state index in [0.29, 0.717) is 40.3 Å². The van der Waals surface area contributed by atoms with Gasteiger partial charge in [-0.15, -0.1) is 0 Å². The second-order valence-electron chi connectivity index (χ2n) is 10.0. The van der Waals surface area contributed by atoms with E-state index in [9.17, 15) is 9.59 Å². The Balaban J connectivity index is 1.42. The lowest BCUT2D eigenvalue weighted by atomic mass is 10.2. The maximum absolute atomic E-state index is 13.5. The Kier molecular flexibility index (Phi) is 8.43. The first kappa shape index (κ1) is 28.7. The molecule has 0 bridgehead atoms. The van der Waals surface area contributed by atoms with Gasteiger partial charge in [0.25, 0.3) is 0 Å². The van der Waals surface area contributed by atoms with Crippen LogP contribution in [-0.2, 0) is 11.3 Å². The number of piperazine rings is 1. The Morgan fingerprint density at radius 1 is 1.02 bits per heavy atom. The van der Waals surface area contributed by atoms with Crippen LogP contribution in [-0.4, -0.2) is 80.8 Å². The molecule has 2 aliphatic rings. The summed E-state index contributed by atoms with van der Waals surface area (Å²) in [6, 6.07) is 10.9. The second-order valence-corrected chi connectivity index (χ2v) is 10.0. The number of urea groups is 1. The highest BCUT2D eigenvalue weighted by atomic mass is 16.5. The number of hydrogen-bond donors (Lipinski definition) is 2. The molecular formula is C30H36N8O4. The molecule has 1 fully saturated rings. The zero-order valence-electron chi connectivity index (χ0n) is 24.4. The number of carbonyl (C=O) groups is 2. The number of methoxy groups -OCH3 is 2. The first-order valence-corrected chi connectivity index (χ1v) is 13.8. The summed E-state index contributed by atoms with van der Waals surface area (Å²) in [5.74, 6) is 1.62. The van der Waals surface area contributed by atoms with Crippen LogP contribution in [0.25, 0.3) is 0 Å². The number of ether oxygens (including phenoxy) is 2. The van der Waals surface area contributed by atoms with Gasteiger partial charge in [-0.25, -0.2) is 9.78 Å². The van der Waals surface area contributed by atoms with E-state index >= 15 is 0 Å². The summed E-state index contributed by atoms with van der Waals surface area (Å²) < 4.78 is 10.8. The maximum Gasteiger partial charge on any atom is 0.330 e. The molecule has 1 aromatic heterocycles. The lowest BCUT2D eigenvalue weighted by Gasteiger charge is -2.36. The number of nitrogens with one attached hydrogen (secondary N) is 2. The number of amides is 3. The molecule has 42 heavy (non-hydrogen) atoms. The molecule has 2 N–H and O–H groups in total. The van der Waals surface area contributed by atoms with Gasteiger partial charge in [0.1, 0.15) is 17.3 Å². The van der Waals surface area contributed by atoms with Gasteiger partial charge in [0.2, 0.25) is 11.9 Å². The smallest absolute Gasteiger partial charge is 0.330 e. The standard InChI is InChI=1S/C30H36N8O4/c1-6-27(39)32-25-9-8-21(37-12-10-36(7-2)11-13-37)16-26(25)33-29-31-18-20-19-38(30(40)35(3)28(20)34-29)22-14-23(41-4)17-24(15-22)42-5/h6,8-9,14-18H,1,7,10-13,19H2,2-5H3,(H,32,39)(H,31,33,34). The molecule has 3 heterocycles. The first-order valence-electron chi connectivity index (χ1n) is 13.8. The largest absolute Gasteiger partial charge is 0.497 e. The molecule has 2 aliphatic heterocycles. The van der Waals surface area contributed by atoms with E-state index < -0.39 is 0 Å². The molecule has 220 valence electrons. The second kappa shape index (κ2) is 12.4. The van der Waals surface area contributed by atoms with Gasteiger partial charge < -0.3 is 29.9 Å². The van der Waals surface area contributed by atoms with Crippen LogP contribution in [0, 0.1) is 0 Å². The van der Waals surface area contributed by atoms with E-state index in [4.69, 9.17) is 14.5 Å². The van der Waals surface area contributed by atoms with Crippen molar-refractivity contribution >= 4 is 46.5 Å². The summed E-state index contributed by atoms with van der Waals surface area (Å²) in [7, 11) is 4.81. The van der Waals surface area contributed by atoms with Gasteiger partial charge in [-0.05, 0) is 30.8 Å². The van der Waals surface area contributed by atoms with E-state index in [0.717, 1.165) is 44.0 Å². The molecule has 0 spiro atoms. The van der Waals surface area contributed by atoms with Gasteiger partial charge in [0.05, 0.1) is 37.8 Å².